The minimum Gasteiger partial charge on any atom is -0.485 e. The molecule has 4 aliphatic rings. The highest BCUT2D eigenvalue weighted by Crippen LogP contribution is 2.64. The molecule has 3 aromatic heterocycles. The fourth-order valence-corrected chi connectivity index (χ4v) is 11.4. The molecule has 0 bridgehead atoms. The zero-order chi connectivity index (χ0) is 41.9. The van der Waals surface area contributed by atoms with E-state index in [2.05, 4.69) is 96.4 Å². The van der Waals surface area contributed by atoms with Gasteiger partial charge in [0.25, 0.3) is 17.5 Å². The zero-order valence-electron chi connectivity index (χ0n) is 32.6. The predicted molar refractivity (Wildman–Crippen MR) is 238 cm³/mol. The van der Waals surface area contributed by atoms with Crippen LogP contribution in [0.4, 0.5) is 17.1 Å². The largest absolute Gasteiger partial charge is 0.485 e. The maximum absolute atomic E-state index is 13.6. The average Bonchev–Trinajstić information content (AvgIpc) is 4.02. The summed E-state index contributed by atoms with van der Waals surface area (Å²) in [5.74, 6) is -0.529. The molecule has 0 radical (unpaired) electrons. The fraction of sp³-hybridized carbons (Fsp3) is 0.217. The minimum absolute atomic E-state index is 0. The predicted octanol–water partition coefficient (Wildman–Crippen LogP) is 9.99. The van der Waals surface area contributed by atoms with Crippen LogP contribution >= 0.6 is 34.0 Å². The Bertz CT molecular complexity index is 2800. The van der Waals surface area contributed by atoms with Crippen LogP contribution in [-0.4, -0.2) is 74.0 Å². The Morgan fingerprint density at radius 3 is 1.35 bits per heavy atom. The first kappa shape index (κ1) is 40.6. The van der Waals surface area contributed by atoms with Gasteiger partial charge in [0, 0.05) is 17.1 Å². The highest BCUT2D eigenvalue weighted by atomic mass is 32.1. The van der Waals surface area contributed by atoms with E-state index in [1.165, 1.54) is 33.8 Å². The molecule has 13 nitrogen and oxygen atoms in total. The number of amides is 2. The first-order chi connectivity index (χ1) is 29.7. The van der Waals surface area contributed by atoms with Crippen molar-refractivity contribution in [2.45, 2.75) is 21.3 Å². The number of ether oxygens (including phenoxy) is 6. The summed E-state index contributed by atoms with van der Waals surface area (Å²) in [5.41, 5.74) is 5.66. The molecule has 4 aliphatic heterocycles. The van der Waals surface area contributed by atoms with E-state index in [1.54, 1.807) is 0 Å². The Hall–Kier alpha value is -6.80. The van der Waals surface area contributed by atoms with Crippen molar-refractivity contribution >= 4 is 74.4 Å². The van der Waals surface area contributed by atoms with Crippen molar-refractivity contribution in [1.82, 2.24) is 4.90 Å². The summed E-state index contributed by atoms with van der Waals surface area (Å²) in [4.78, 5) is 48.2. The van der Waals surface area contributed by atoms with Gasteiger partial charge in [-0.1, -0.05) is 55.0 Å². The summed E-state index contributed by atoms with van der Waals surface area (Å²) in [7, 11) is 0. The first-order valence-electron chi connectivity index (χ1n) is 19.2. The summed E-state index contributed by atoms with van der Waals surface area (Å²) in [6.07, 6.45) is 0. The standard InChI is InChI=1S/C45H33N3O10S3.CH4/c1-23-4-10-26(11-5-23)48(27-12-6-24(2)7-13-27)28-14-8-25(9-15-28)38-32-34(55-18-16-53-32)40(59-38)42-36-37(58-21-20-57-36)43(61-42)41-35-33(54-17-19-56-35)39(60-41)30-31(46-3)45(52)47(44(30)51)22-29(49)50;/h4-15H,16-22H2,1-2H3,(H,49,50);1H4. The second-order valence-electron chi connectivity index (χ2n) is 14.3. The second-order valence-corrected chi connectivity index (χ2v) is 17.4. The van der Waals surface area contributed by atoms with E-state index in [-0.39, 0.29) is 43.4 Å². The van der Waals surface area contributed by atoms with Crippen LogP contribution in [0.2, 0.25) is 0 Å². The van der Waals surface area contributed by atoms with Crippen molar-refractivity contribution in [1.29, 1.82) is 0 Å². The number of fused-ring (bicyclic) bond motifs is 3. The molecule has 0 fully saturated rings. The number of rotatable bonds is 9. The molecule has 0 saturated carbocycles. The number of hydrogen-bond donors (Lipinski definition) is 1. The van der Waals surface area contributed by atoms with Crippen LogP contribution in [0.15, 0.2) is 78.5 Å². The van der Waals surface area contributed by atoms with Crippen LogP contribution in [0.25, 0.3) is 40.4 Å². The van der Waals surface area contributed by atoms with Crippen LogP contribution in [-0.2, 0) is 14.4 Å². The van der Waals surface area contributed by atoms with Crippen molar-refractivity contribution in [3.63, 3.8) is 0 Å². The number of thiophene rings is 3. The Morgan fingerprint density at radius 1 is 0.597 bits per heavy atom. The number of benzene rings is 3. The molecule has 0 atom stereocenters. The van der Waals surface area contributed by atoms with Gasteiger partial charge < -0.3 is 38.4 Å². The van der Waals surface area contributed by atoms with E-state index in [0.29, 0.717) is 63.2 Å². The molecule has 314 valence electrons. The number of carbonyl (C=O) groups is 3. The van der Waals surface area contributed by atoms with Crippen molar-refractivity contribution in [3.05, 3.63) is 106 Å². The lowest BCUT2D eigenvalue weighted by molar-refractivity contribution is -0.147. The Labute approximate surface area is 368 Å². The third-order valence-corrected chi connectivity index (χ3v) is 14.2. The number of aliphatic carboxylic acids is 1. The topological polar surface area (TPSA) is 138 Å². The van der Waals surface area contributed by atoms with Crippen molar-refractivity contribution in [2.24, 2.45) is 0 Å². The van der Waals surface area contributed by atoms with Crippen LogP contribution < -0.4 is 33.3 Å². The number of hydrogen-bond acceptors (Lipinski definition) is 13. The van der Waals surface area contributed by atoms with E-state index in [1.807, 2.05) is 0 Å². The lowest BCUT2D eigenvalue weighted by atomic mass is 10.1. The summed E-state index contributed by atoms with van der Waals surface area (Å²) in [5, 5.41) is 9.42. The van der Waals surface area contributed by atoms with Crippen molar-refractivity contribution in [3.8, 4) is 64.4 Å². The summed E-state index contributed by atoms with van der Waals surface area (Å²) in [6, 6.07) is 25.3. The molecule has 0 saturated heterocycles. The number of carboxylic acids is 1. The lowest BCUT2D eigenvalue weighted by Crippen LogP contribution is -2.36. The SMILES string of the molecule is C.[C-]#[N+]C1=C(c2sc(-c3sc(-c4sc(-c5ccc(N(c6ccc(C)cc6)c6ccc(C)cc6)cc5)c5c4OCCO5)c4c3OCCO4)c3c2OCCO3)C(=O)N(CC(=O)O)C1=O. The van der Waals surface area contributed by atoms with Crippen molar-refractivity contribution in [2.75, 3.05) is 51.1 Å². The third kappa shape index (κ3) is 6.78. The summed E-state index contributed by atoms with van der Waals surface area (Å²) >= 11 is 4.01. The number of nitrogens with zero attached hydrogens (tertiary/aromatic N) is 3. The first-order valence-corrected chi connectivity index (χ1v) is 21.7. The van der Waals surface area contributed by atoms with Gasteiger partial charge in [-0.3, -0.25) is 19.3 Å². The fourth-order valence-electron chi connectivity index (χ4n) is 7.55. The average molecular weight is 888 g/mol. The van der Waals surface area contributed by atoms with Crippen LogP contribution in [0, 0.1) is 20.4 Å². The third-order valence-electron chi connectivity index (χ3n) is 10.4. The number of anilines is 3. The Morgan fingerprint density at radius 2 is 0.952 bits per heavy atom. The molecule has 3 aromatic carbocycles. The molecule has 0 aliphatic carbocycles. The van der Waals surface area contributed by atoms with Crippen LogP contribution in [0.5, 0.6) is 34.5 Å². The van der Waals surface area contributed by atoms with E-state index in [9.17, 15) is 19.5 Å². The van der Waals surface area contributed by atoms with Crippen LogP contribution in [0.3, 0.4) is 0 Å². The van der Waals surface area contributed by atoms with E-state index in [4.69, 9.17) is 35.0 Å². The molecule has 2 amide bonds. The molecule has 0 spiro atoms. The maximum Gasteiger partial charge on any atom is 0.323 e. The molecule has 1 N–H and O–H groups in total. The quantitative estimate of drug-likeness (QED) is 0.110. The monoisotopic (exact) mass is 887 g/mol. The highest BCUT2D eigenvalue weighted by molar-refractivity contribution is 7.28. The summed E-state index contributed by atoms with van der Waals surface area (Å²) < 4.78 is 37.6. The van der Waals surface area contributed by atoms with Gasteiger partial charge in [-0.15, -0.1) is 34.0 Å². The van der Waals surface area contributed by atoms with Gasteiger partial charge in [-0.05, 0) is 55.8 Å². The second kappa shape index (κ2) is 16.2. The molecular weight excluding hydrogens is 851 g/mol. The van der Waals surface area contributed by atoms with E-state index in [0.717, 1.165) is 48.6 Å². The molecule has 62 heavy (non-hydrogen) atoms. The molecule has 6 aromatic rings. The lowest BCUT2D eigenvalue weighted by Gasteiger charge is -2.26. The highest BCUT2D eigenvalue weighted by Gasteiger charge is 2.45. The molecule has 7 heterocycles. The molecule has 10 rings (SSSR count). The van der Waals surface area contributed by atoms with E-state index < -0.39 is 30.0 Å². The molecule has 0 unspecified atom stereocenters. The minimum atomic E-state index is -1.39. The number of aryl methyl sites for hydroxylation is 2. The number of carboxylic acid groups (broad SMARTS) is 1. The van der Waals surface area contributed by atoms with Gasteiger partial charge in [-0.25, -0.2) is 4.85 Å². The van der Waals surface area contributed by atoms with Gasteiger partial charge in [-0.2, -0.15) is 0 Å². The van der Waals surface area contributed by atoms with E-state index >= 15 is 0 Å². The van der Waals surface area contributed by atoms with Gasteiger partial charge in [0.05, 0.1) is 41.4 Å². The zero-order valence-corrected chi connectivity index (χ0v) is 35.0. The smallest absolute Gasteiger partial charge is 0.323 e. The normalized spacial score (nSPS) is 15.0. The molecule has 16 heteroatoms. The van der Waals surface area contributed by atoms with Gasteiger partial charge in [0.1, 0.15) is 46.2 Å². The van der Waals surface area contributed by atoms with Gasteiger partial charge in [0.2, 0.25) is 0 Å². The Balaban J connectivity index is 0.00000490. The number of carbonyl (C=O) groups excluding carboxylic acids is 2. The Kier molecular flexibility index (Phi) is 10.6. The van der Waals surface area contributed by atoms with Crippen molar-refractivity contribution < 1.29 is 47.9 Å². The summed E-state index contributed by atoms with van der Waals surface area (Å²) in [6.45, 7) is 12.7. The van der Waals surface area contributed by atoms with Gasteiger partial charge in [0.15, 0.2) is 34.5 Å². The molecular formula is C46H37N3O10S3. The van der Waals surface area contributed by atoms with Crippen LogP contribution in [0.1, 0.15) is 23.4 Å². The van der Waals surface area contributed by atoms with Gasteiger partial charge >= 0.3 is 5.97 Å². The maximum atomic E-state index is 13.6. The number of imide groups is 1.